The Morgan fingerprint density at radius 2 is 1.85 bits per heavy atom. The molecule has 1 aromatic carbocycles. The number of hydrogen-bond acceptors (Lipinski definition) is 2. The van der Waals surface area contributed by atoms with Gasteiger partial charge in [-0.15, -0.1) is 0 Å². The Labute approximate surface area is 166 Å². The molecule has 0 radical (unpaired) electrons. The van der Waals surface area contributed by atoms with Crippen LogP contribution in [0.4, 0.5) is 0 Å². The van der Waals surface area contributed by atoms with Crippen molar-refractivity contribution in [2.75, 3.05) is 0 Å². The van der Waals surface area contributed by atoms with E-state index < -0.39 is 0 Å². The number of rotatable bonds is 12. The number of unbranched alkanes of at least 4 members (excludes halogenated alkanes) is 3. The van der Waals surface area contributed by atoms with Gasteiger partial charge in [-0.3, -0.25) is 0 Å². The SMILES string of the molecule is C=C(NCc1ccc(C(S/C=C\C)=C(C)C)cc1)C(C)CCCCCC. The van der Waals surface area contributed by atoms with E-state index in [1.807, 2.05) is 0 Å². The van der Waals surface area contributed by atoms with Crippen LogP contribution in [0.2, 0.25) is 0 Å². The lowest BCUT2D eigenvalue weighted by Gasteiger charge is -2.17. The van der Waals surface area contributed by atoms with E-state index >= 15 is 0 Å². The summed E-state index contributed by atoms with van der Waals surface area (Å²) in [5.74, 6) is 0.542. The smallest absolute Gasteiger partial charge is 0.0397 e. The molecule has 1 unspecified atom stereocenters. The highest BCUT2D eigenvalue weighted by Gasteiger charge is 2.07. The summed E-state index contributed by atoms with van der Waals surface area (Å²) in [5, 5.41) is 5.67. The number of hydrogen-bond donors (Lipinski definition) is 1. The first kappa shape index (κ1) is 22.6. The van der Waals surface area contributed by atoms with Crippen molar-refractivity contribution in [3.05, 3.63) is 64.7 Å². The van der Waals surface area contributed by atoms with Crippen LogP contribution in [0.3, 0.4) is 0 Å². The lowest BCUT2D eigenvalue weighted by Crippen LogP contribution is -2.17. The fraction of sp³-hybridized carbons (Fsp3) is 0.500. The average Bonchev–Trinajstić information content (AvgIpc) is 2.64. The fourth-order valence-corrected chi connectivity index (χ4v) is 3.61. The molecule has 0 saturated heterocycles. The highest BCUT2D eigenvalue weighted by Crippen LogP contribution is 2.31. The van der Waals surface area contributed by atoms with E-state index in [0.29, 0.717) is 5.92 Å². The van der Waals surface area contributed by atoms with Crippen LogP contribution in [0.25, 0.3) is 4.91 Å². The Morgan fingerprint density at radius 1 is 1.15 bits per heavy atom. The quantitative estimate of drug-likeness (QED) is 0.374. The maximum atomic E-state index is 4.24. The minimum Gasteiger partial charge on any atom is -0.385 e. The van der Waals surface area contributed by atoms with Crippen molar-refractivity contribution in [3.63, 3.8) is 0 Å². The van der Waals surface area contributed by atoms with Gasteiger partial charge in [-0.25, -0.2) is 0 Å². The summed E-state index contributed by atoms with van der Waals surface area (Å²) in [5.41, 5.74) is 5.11. The van der Waals surface area contributed by atoms with Crippen molar-refractivity contribution in [2.24, 2.45) is 5.92 Å². The molecule has 0 fully saturated rings. The number of allylic oxidation sites excluding steroid dienone is 3. The highest BCUT2D eigenvalue weighted by atomic mass is 32.2. The van der Waals surface area contributed by atoms with Gasteiger partial charge in [0.25, 0.3) is 0 Å². The average molecular weight is 372 g/mol. The van der Waals surface area contributed by atoms with Gasteiger partial charge in [0, 0.05) is 17.1 Å². The second-order valence-electron chi connectivity index (χ2n) is 7.24. The van der Waals surface area contributed by atoms with Gasteiger partial charge in [0.1, 0.15) is 0 Å². The van der Waals surface area contributed by atoms with E-state index in [-0.39, 0.29) is 0 Å². The molecule has 1 aromatic rings. The summed E-state index contributed by atoms with van der Waals surface area (Å²) in [6.45, 7) is 16.0. The largest absolute Gasteiger partial charge is 0.385 e. The molecule has 0 aliphatic carbocycles. The maximum Gasteiger partial charge on any atom is 0.0397 e. The van der Waals surface area contributed by atoms with Crippen LogP contribution >= 0.6 is 11.8 Å². The summed E-state index contributed by atoms with van der Waals surface area (Å²) in [6.07, 6.45) is 8.61. The normalized spacial score (nSPS) is 12.2. The third-order valence-electron chi connectivity index (χ3n) is 4.60. The van der Waals surface area contributed by atoms with Crippen LogP contribution < -0.4 is 5.32 Å². The van der Waals surface area contributed by atoms with Crippen LogP contribution in [-0.4, -0.2) is 0 Å². The molecule has 0 amide bonds. The number of thioether (sulfide) groups is 1. The molecule has 1 atom stereocenters. The zero-order valence-corrected chi connectivity index (χ0v) is 18.2. The van der Waals surface area contributed by atoms with Gasteiger partial charge in [-0.2, -0.15) is 0 Å². The molecule has 0 aliphatic heterocycles. The van der Waals surface area contributed by atoms with Gasteiger partial charge < -0.3 is 5.32 Å². The van der Waals surface area contributed by atoms with Crippen LogP contribution in [0.15, 0.2) is 53.6 Å². The molecule has 0 aromatic heterocycles. The summed E-state index contributed by atoms with van der Waals surface area (Å²) in [4.78, 5) is 1.34. The molecular formula is C24H37NS. The Balaban J connectivity index is 2.54. The summed E-state index contributed by atoms with van der Waals surface area (Å²) in [7, 11) is 0. The third kappa shape index (κ3) is 8.31. The van der Waals surface area contributed by atoms with E-state index in [1.54, 1.807) is 11.8 Å². The number of benzene rings is 1. The predicted octanol–water partition coefficient (Wildman–Crippen LogP) is 7.91. The van der Waals surface area contributed by atoms with Crippen LogP contribution in [-0.2, 0) is 6.54 Å². The minimum absolute atomic E-state index is 0.542. The van der Waals surface area contributed by atoms with Crippen molar-refractivity contribution in [1.29, 1.82) is 0 Å². The van der Waals surface area contributed by atoms with Crippen molar-refractivity contribution in [1.82, 2.24) is 5.32 Å². The van der Waals surface area contributed by atoms with Crippen LogP contribution in [0.5, 0.6) is 0 Å². The molecule has 1 N–H and O–H groups in total. The van der Waals surface area contributed by atoms with Gasteiger partial charge in [-0.05, 0) is 49.6 Å². The molecule has 26 heavy (non-hydrogen) atoms. The van der Waals surface area contributed by atoms with Crippen LogP contribution in [0, 0.1) is 5.92 Å². The second kappa shape index (κ2) is 12.9. The zero-order chi connectivity index (χ0) is 19.4. The monoisotopic (exact) mass is 371 g/mol. The molecule has 0 bridgehead atoms. The molecular weight excluding hydrogens is 334 g/mol. The molecule has 2 heteroatoms. The lowest BCUT2D eigenvalue weighted by atomic mass is 10.00. The molecule has 0 saturated carbocycles. The van der Waals surface area contributed by atoms with Crippen molar-refractivity contribution in [2.45, 2.75) is 73.3 Å². The van der Waals surface area contributed by atoms with E-state index in [1.165, 1.54) is 59.4 Å². The molecule has 0 spiro atoms. The van der Waals surface area contributed by atoms with Gasteiger partial charge in [0.05, 0.1) is 0 Å². The van der Waals surface area contributed by atoms with E-state index in [2.05, 4.69) is 82.3 Å². The van der Waals surface area contributed by atoms with Gasteiger partial charge >= 0.3 is 0 Å². The minimum atomic E-state index is 0.542. The van der Waals surface area contributed by atoms with Gasteiger partial charge in [0.2, 0.25) is 0 Å². The first-order chi connectivity index (χ1) is 12.5. The van der Waals surface area contributed by atoms with E-state index in [9.17, 15) is 0 Å². The summed E-state index contributed by atoms with van der Waals surface area (Å²) < 4.78 is 0. The van der Waals surface area contributed by atoms with E-state index in [4.69, 9.17) is 0 Å². The Morgan fingerprint density at radius 3 is 2.42 bits per heavy atom. The fourth-order valence-electron chi connectivity index (χ4n) is 2.83. The summed E-state index contributed by atoms with van der Waals surface area (Å²) >= 11 is 1.79. The molecule has 0 aliphatic rings. The van der Waals surface area contributed by atoms with Gasteiger partial charge in [-0.1, -0.05) is 93.8 Å². The maximum absolute atomic E-state index is 4.24. The van der Waals surface area contributed by atoms with Crippen molar-refractivity contribution < 1.29 is 0 Å². The summed E-state index contributed by atoms with van der Waals surface area (Å²) in [6, 6.07) is 8.90. The van der Waals surface area contributed by atoms with Crippen molar-refractivity contribution >= 4 is 16.7 Å². The third-order valence-corrected chi connectivity index (χ3v) is 5.89. The van der Waals surface area contributed by atoms with Crippen LogP contribution in [0.1, 0.15) is 77.8 Å². The number of nitrogens with one attached hydrogen (secondary N) is 1. The Kier molecular flexibility index (Phi) is 11.2. The topological polar surface area (TPSA) is 12.0 Å². The zero-order valence-electron chi connectivity index (χ0n) is 17.4. The molecule has 144 valence electrons. The first-order valence-electron chi connectivity index (χ1n) is 9.96. The predicted molar refractivity (Wildman–Crippen MR) is 121 cm³/mol. The molecule has 1 nitrogen and oxygen atoms in total. The standard InChI is InChI=1S/C24H37NS/c1-7-9-10-11-12-20(5)21(6)25-18-22-13-15-23(16-14-22)24(19(3)4)26-17-8-2/h8,13-17,20,25H,6-7,9-12,18H2,1-5H3/b17-8-. The van der Waals surface area contributed by atoms with Crippen molar-refractivity contribution in [3.8, 4) is 0 Å². The Bertz CT molecular complexity index is 591. The highest BCUT2D eigenvalue weighted by molar-refractivity contribution is 8.10. The molecule has 1 rings (SSSR count). The second-order valence-corrected chi connectivity index (χ2v) is 8.16. The first-order valence-corrected chi connectivity index (χ1v) is 10.8. The molecule has 0 heterocycles. The van der Waals surface area contributed by atoms with Gasteiger partial charge in [0.15, 0.2) is 0 Å². The van der Waals surface area contributed by atoms with E-state index in [0.717, 1.165) is 6.54 Å². The lowest BCUT2D eigenvalue weighted by molar-refractivity contribution is 0.515. The Hall–Kier alpha value is -1.41.